The summed E-state index contributed by atoms with van der Waals surface area (Å²) in [4.78, 5) is 20.6. The highest BCUT2D eigenvalue weighted by atomic mass is 19.1. The molecule has 0 bridgehead atoms. The van der Waals surface area contributed by atoms with Gasteiger partial charge in [0.2, 0.25) is 5.88 Å². The van der Waals surface area contributed by atoms with Crippen molar-refractivity contribution in [3.05, 3.63) is 130 Å². The Bertz CT molecular complexity index is 2330. The predicted molar refractivity (Wildman–Crippen MR) is 178 cm³/mol. The van der Waals surface area contributed by atoms with E-state index in [9.17, 15) is 14.3 Å². The van der Waals surface area contributed by atoms with Crippen LogP contribution in [-0.2, 0) is 31.4 Å². The molecule has 252 valence electrons. The zero-order valence-electron chi connectivity index (χ0n) is 27.1. The van der Waals surface area contributed by atoms with E-state index in [1.54, 1.807) is 41.2 Å². The first-order chi connectivity index (χ1) is 24.1. The second-order valence-corrected chi connectivity index (χ2v) is 12.0. The van der Waals surface area contributed by atoms with E-state index in [0.717, 1.165) is 29.8 Å². The summed E-state index contributed by atoms with van der Waals surface area (Å²) in [5, 5.41) is 13.6. The molecule has 0 saturated carbocycles. The molecule has 6 aromatic rings. The molecule has 0 spiro atoms. The van der Waals surface area contributed by atoms with E-state index in [2.05, 4.69) is 26.9 Å². The number of aromatic nitrogens is 5. The molecule has 4 heterocycles. The molecule has 1 N–H and O–H groups in total. The van der Waals surface area contributed by atoms with Crippen LogP contribution in [0, 0.1) is 36.2 Å². The lowest BCUT2D eigenvalue weighted by Crippen LogP contribution is -2.31. The maximum Gasteiger partial charge on any atom is 0.335 e. The minimum absolute atomic E-state index is 0.0392. The molecule has 1 atom stereocenters. The third-order valence-electron chi connectivity index (χ3n) is 8.74. The van der Waals surface area contributed by atoms with Gasteiger partial charge in [-0.1, -0.05) is 24.0 Å². The Morgan fingerprint density at radius 2 is 1.82 bits per heavy atom. The maximum atomic E-state index is 15.6. The smallest absolute Gasteiger partial charge is 0.335 e. The molecule has 1 aliphatic rings. The standard InChI is InChI=1S/C38H30F3N5O4/c1-22-25(19-42-45(22)2)8-6-23-7-9-26(30(39)14-23)21-50-37-5-3-4-33(44-37)29-18-31(40)27(15-32(29)41)17-36-43-34-11-10-24(38(47)48)16-35(34)46(36)20-28-12-13-49-28/h3-5,7,9-11,14-16,18-19,28H,12-13,17,20-21H2,1-2H3,(H,47,48)/t28-/m0/s1. The van der Waals surface area contributed by atoms with Crippen molar-refractivity contribution in [2.24, 2.45) is 7.05 Å². The number of fused-ring (bicyclic) bond motifs is 1. The SMILES string of the molecule is Cc1c(C#Cc2ccc(COc3cccc(-c4cc(F)c(Cc5nc6ccc(C(=O)O)cc6n5C[C@@H]5CCO5)cc4F)n3)c(F)c2)cnn1C. The maximum absolute atomic E-state index is 15.6. The van der Waals surface area contributed by atoms with Crippen LogP contribution in [0.1, 0.15) is 50.6 Å². The average Bonchev–Trinajstić information content (AvgIpc) is 3.59. The fourth-order valence-corrected chi connectivity index (χ4v) is 5.67. The van der Waals surface area contributed by atoms with Gasteiger partial charge in [0.15, 0.2) is 0 Å². The highest BCUT2D eigenvalue weighted by Gasteiger charge is 2.24. The number of aromatic carboxylic acids is 1. The number of benzene rings is 3. The predicted octanol–water partition coefficient (Wildman–Crippen LogP) is 6.61. The van der Waals surface area contributed by atoms with Crippen LogP contribution in [0.5, 0.6) is 5.88 Å². The van der Waals surface area contributed by atoms with Crippen LogP contribution >= 0.6 is 0 Å². The van der Waals surface area contributed by atoms with Crippen LogP contribution < -0.4 is 4.74 Å². The minimum atomic E-state index is -1.08. The summed E-state index contributed by atoms with van der Waals surface area (Å²) < 4.78 is 60.9. The molecule has 9 nitrogen and oxygen atoms in total. The van der Waals surface area contributed by atoms with Crippen molar-refractivity contribution in [3.8, 4) is 29.0 Å². The molecular formula is C38H30F3N5O4. The van der Waals surface area contributed by atoms with Crippen LogP contribution in [0.25, 0.3) is 22.3 Å². The number of aryl methyl sites for hydroxylation is 1. The van der Waals surface area contributed by atoms with Gasteiger partial charge in [-0.05, 0) is 67.4 Å². The van der Waals surface area contributed by atoms with Crippen molar-refractivity contribution in [2.75, 3.05) is 6.61 Å². The second-order valence-electron chi connectivity index (χ2n) is 12.0. The number of nitrogens with zero attached hydrogens (tertiary/aromatic N) is 5. The van der Waals surface area contributed by atoms with Gasteiger partial charge in [-0.3, -0.25) is 4.68 Å². The Kier molecular flexibility index (Phi) is 8.82. The largest absolute Gasteiger partial charge is 0.478 e. The molecule has 0 aliphatic carbocycles. The number of rotatable bonds is 9. The number of carboxylic acids is 1. The van der Waals surface area contributed by atoms with Gasteiger partial charge in [-0.25, -0.2) is 27.9 Å². The average molecular weight is 678 g/mol. The summed E-state index contributed by atoms with van der Waals surface area (Å²) in [5.74, 6) is 3.56. The van der Waals surface area contributed by atoms with Gasteiger partial charge >= 0.3 is 5.97 Å². The molecule has 7 rings (SSSR count). The Balaban J connectivity index is 1.08. The fourth-order valence-electron chi connectivity index (χ4n) is 5.67. The van der Waals surface area contributed by atoms with Gasteiger partial charge in [0.1, 0.15) is 29.9 Å². The number of pyridine rings is 1. The van der Waals surface area contributed by atoms with Crippen molar-refractivity contribution < 1.29 is 32.5 Å². The monoisotopic (exact) mass is 677 g/mol. The number of halogens is 3. The third kappa shape index (κ3) is 6.68. The van der Waals surface area contributed by atoms with Crippen molar-refractivity contribution in [3.63, 3.8) is 0 Å². The number of imidazole rings is 1. The third-order valence-corrected chi connectivity index (χ3v) is 8.74. The first kappa shape index (κ1) is 32.6. The zero-order chi connectivity index (χ0) is 34.9. The number of carboxylic acid groups (broad SMARTS) is 1. The number of ether oxygens (including phenoxy) is 2. The first-order valence-electron chi connectivity index (χ1n) is 15.8. The molecule has 12 heteroatoms. The van der Waals surface area contributed by atoms with E-state index in [1.807, 2.05) is 18.5 Å². The molecule has 0 amide bonds. The second kappa shape index (κ2) is 13.5. The van der Waals surface area contributed by atoms with Gasteiger partial charge in [0, 0.05) is 42.8 Å². The lowest BCUT2D eigenvalue weighted by atomic mass is 10.0. The van der Waals surface area contributed by atoms with E-state index in [-0.39, 0.29) is 53.0 Å². The summed E-state index contributed by atoms with van der Waals surface area (Å²) >= 11 is 0. The lowest BCUT2D eigenvalue weighted by molar-refractivity contribution is -0.0589. The molecule has 50 heavy (non-hydrogen) atoms. The topological polar surface area (TPSA) is 104 Å². The number of hydrogen-bond donors (Lipinski definition) is 1. The van der Waals surface area contributed by atoms with E-state index in [1.165, 1.54) is 24.3 Å². The molecule has 0 unspecified atom stereocenters. The molecule has 1 saturated heterocycles. The van der Waals surface area contributed by atoms with Crippen molar-refractivity contribution in [1.82, 2.24) is 24.3 Å². The van der Waals surface area contributed by atoms with Crippen molar-refractivity contribution >= 4 is 17.0 Å². The Labute approximate surface area is 284 Å². The first-order valence-corrected chi connectivity index (χ1v) is 15.8. The van der Waals surface area contributed by atoms with Crippen LogP contribution in [0.2, 0.25) is 0 Å². The van der Waals surface area contributed by atoms with Gasteiger partial charge in [0.05, 0.1) is 52.4 Å². The number of hydrogen-bond acceptors (Lipinski definition) is 6. The van der Waals surface area contributed by atoms with Gasteiger partial charge in [-0.15, -0.1) is 0 Å². The molecule has 1 fully saturated rings. The molecule has 0 radical (unpaired) electrons. The summed E-state index contributed by atoms with van der Waals surface area (Å²) in [6.07, 6.45) is 2.36. The Morgan fingerprint density at radius 3 is 2.54 bits per heavy atom. The van der Waals surface area contributed by atoms with E-state index in [4.69, 9.17) is 9.47 Å². The quantitative estimate of drug-likeness (QED) is 0.172. The van der Waals surface area contributed by atoms with Crippen LogP contribution in [0.15, 0.2) is 72.9 Å². The van der Waals surface area contributed by atoms with Gasteiger partial charge in [-0.2, -0.15) is 5.10 Å². The number of carbonyl (C=O) groups is 1. The molecule has 1 aliphatic heterocycles. The summed E-state index contributed by atoms with van der Waals surface area (Å²) in [6.45, 7) is 2.79. The molecule has 3 aromatic carbocycles. The zero-order valence-corrected chi connectivity index (χ0v) is 27.1. The summed E-state index contributed by atoms with van der Waals surface area (Å²) in [5.41, 5.74) is 3.78. The van der Waals surface area contributed by atoms with E-state index >= 15 is 8.78 Å². The van der Waals surface area contributed by atoms with Crippen molar-refractivity contribution in [2.45, 2.75) is 39.0 Å². The molecular weight excluding hydrogens is 647 g/mol. The minimum Gasteiger partial charge on any atom is -0.478 e. The van der Waals surface area contributed by atoms with Gasteiger partial charge < -0.3 is 19.1 Å². The van der Waals surface area contributed by atoms with E-state index < -0.39 is 23.4 Å². The normalized spacial score (nSPS) is 13.9. The Morgan fingerprint density at radius 1 is 1.00 bits per heavy atom. The molecule has 3 aromatic heterocycles. The van der Waals surface area contributed by atoms with Crippen LogP contribution in [0.4, 0.5) is 13.2 Å². The fraction of sp³-hybridized carbons (Fsp3) is 0.211. The van der Waals surface area contributed by atoms with Crippen LogP contribution in [-0.4, -0.2) is 48.1 Å². The van der Waals surface area contributed by atoms with Gasteiger partial charge in [0.25, 0.3) is 0 Å². The van der Waals surface area contributed by atoms with Crippen LogP contribution in [0.3, 0.4) is 0 Å². The highest BCUT2D eigenvalue weighted by Crippen LogP contribution is 2.29. The lowest BCUT2D eigenvalue weighted by Gasteiger charge is -2.27. The van der Waals surface area contributed by atoms with Crippen molar-refractivity contribution in [1.29, 1.82) is 0 Å². The summed E-state index contributed by atoms with van der Waals surface area (Å²) in [6, 6.07) is 16.0. The van der Waals surface area contributed by atoms with E-state index in [0.29, 0.717) is 35.6 Å². The summed E-state index contributed by atoms with van der Waals surface area (Å²) in [7, 11) is 1.82. The highest BCUT2D eigenvalue weighted by molar-refractivity contribution is 5.92. The Hall–Kier alpha value is -5.93.